The lowest BCUT2D eigenvalue weighted by Crippen LogP contribution is -2.61. The number of aliphatic carboxylic acids is 1. The minimum absolute atomic E-state index is 0.0416. The lowest BCUT2D eigenvalue weighted by atomic mass is 9.47. The highest BCUT2D eigenvalue weighted by molar-refractivity contribution is 6.01. The summed E-state index contributed by atoms with van der Waals surface area (Å²) in [5.41, 5.74) is -1.89. The summed E-state index contributed by atoms with van der Waals surface area (Å²) in [7, 11) is 0. The number of allylic oxidation sites excluding steroid dienone is 2. The first-order chi connectivity index (χ1) is 12.1. The molecule has 0 amide bonds. The first kappa shape index (κ1) is 16.7. The number of carbonyl (C=O) groups is 2. The van der Waals surface area contributed by atoms with Crippen LogP contribution in [0.2, 0.25) is 0 Å². The van der Waals surface area contributed by atoms with Crippen molar-refractivity contribution in [1.29, 1.82) is 0 Å². The molecule has 4 aliphatic carbocycles. The van der Waals surface area contributed by atoms with E-state index in [1.807, 2.05) is 19.9 Å². The van der Waals surface area contributed by atoms with E-state index in [9.17, 15) is 19.8 Å². The van der Waals surface area contributed by atoms with Crippen LogP contribution >= 0.6 is 0 Å². The number of carbonyl (C=O) groups excluding carboxylic acids is 1. The molecule has 1 saturated heterocycles. The van der Waals surface area contributed by atoms with Crippen LogP contribution in [-0.2, 0) is 14.3 Å². The predicted octanol–water partition coefficient (Wildman–Crippen LogP) is 2.49. The number of epoxide rings is 1. The number of carboxylic acids is 1. The van der Waals surface area contributed by atoms with Crippen LogP contribution in [0, 0.1) is 28.6 Å². The second kappa shape index (κ2) is 4.50. The van der Waals surface area contributed by atoms with Gasteiger partial charge in [-0.1, -0.05) is 25.5 Å². The van der Waals surface area contributed by atoms with Crippen molar-refractivity contribution in [2.75, 3.05) is 0 Å². The minimum atomic E-state index is -1.70. The lowest BCUT2D eigenvalue weighted by molar-refractivity contribution is -0.183. The average Bonchev–Trinajstić information content (AvgIpc) is 3.25. The molecule has 1 spiro atoms. The van der Waals surface area contributed by atoms with Gasteiger partial charge in [0.2, 0.25) is 0 Å². The van der Waals surface area contributed by atoms with Gasteiger partial charge in [0, 0.05) is 10.8 Å². The average molecular weight is 358 g/mol. The van der Waals surface area contributed by atoms with Gasteiger partial charge in [0.15, 0.2) is 11.4 Å². The normalized spacial score (nSPS) is 56.8. The van der Waals surface area contributed by atoms with E-state index in [4.69, 9.17) is 4.74 Å². The molecule has 5 aliphatic rings. The SMILES string of the molecule is C[C@@H]1C[C@H]2[C@@H]3CCC4=CC(=O)C=C[C@]4(C)[C@]34O[C@H]4C[C@]2(C)[C@@]1(O)C(=O)O. The molecule has 0 radical (unpaired) electrons. The monoisotopic (exact) mass is 358 g/mol. The van der Waals surface area contributed by atoms with Gasteiger partial charge in [-0.2, -0.15) is 0 Å². The maximum Gasteiger partial charge on any atom is 0.336 e. The Hall–Kier alpha value is -1.46. The standard InChI is InChI=1S/C21H26O5/c1-11-8-15-14-5-4-12-9-13(22)6-7-18(12,2)21(14)16(26-21)10-19(15,3)20(11,25)17(23)24/h6-7,9,11,14-16,25H,4-5,8,10H2,1-3H3,(H,23,24)/t11-,14+,15+,16+,18+,19+,20+,21+/m1/s1. The van der Waals surface area contributed by atoms with Gasteiger partial charge in [0.25, 0.3) is 0 Å². The molecule has 5 nitrogen and oxygen atoms in total. The highest BCUT2D eigenvalue weighted by atomic mass is 16.6. The highest BCUT2D eigenvalue weighted by Crippen LogP contribution is 2.76. The van der Waals surface area contributed by atoms with E-state index in [0.29, 0.717) is 12.8 Å². The molecule has 26 heavy (non-hydrogen) atoms. The van der Waals surface area contributed by atoms with E-state index in [1.165, 1.54) is 0 Å². The number of carboxylic acid groups (broad SMARTS) is 1. The topological polar surface area (TPSA) is 87.1 Å². The van der Waals surface area contributed by atoms with Crippen molar-refractivity contribution >= 4 is 11.8 Å². The molecule has 0 aromatic heterocycles. The fraction of sp³-hybridized carbons (Fsp3) is 0.714. The van der Waals surface area contributed by atoms with E-state index in [0.717, 1.165) is 18.4 Å². The second-order valence-electron chi connectivity index (χ2n) is 9.59. The number of aliphatic hydroxyl groups is 1. The molecular weight excluding hydrogens is 332 g/mol. The zero-order valence-corrected chi connectivity index (χ0v) is 15.5. The molecule has 1 aliphatic heterocycles. The molecule has 0 unspecified atom stereocenters. The lowest BCUT2D eigenvalue weighted by Gasteiger charge is -2.55. The summed E-state index contributed by atoms with van der Waals surface area (Å²) in [6.07, 6.45) is 8.37. The van der Waals surface area contributed by atoms with Crippen molar-refractivity contribution in [2.24, 2.45) is 28.6 Å². The molecule has 4 fully saturated rings. The second-order valence-corrected chi connectivity index (χ2v) is 9.59. The Morgan fingerprint density at radius 2 is 2.04 bits per heavy atom. The maximum atomic E-state index is 12.1. The number of hydrogen-bond donors (Lipinski definition) is 2. The summed E-state index contributed by atoms with van der Waals surface area (Å²) in [4.78, 5) is 23.9. The van der Waals surface area contributed by atoms with E-state index in [1.54, 1.807) is 12.2 Å². The van der Waals surface area contributed by atoms with Crippen LogP contribution in [0.15, 0.2) is 23.8 Å². The molecule has 0 bridgehead atoms. The summed E-state index contributed by atoms with van der Waals surface area (Å²) in [5, 5.41) is 21.1. The zero-order valence-electron chi connectivity index (χ0n) is 15.5. The van der Waals surface area contributed by atoms with Crippen LogP contribution in [-0.4, -0.2) is 39.3 Å². The Morgan fingerprint density at radius 3 is 2.73 bits per heavy atom. The van der Waals surface area contributed by atoms with Gasteiger partial charge in [-0.05, 0) is 62.5 Å². The first-order valence-corrected chi connectivity index (χ1v) is 9.69. The summed E-state index contributed by atoms with van der Waals surface area (Å²) < 4.78 is 6.38. The summed E-state index contributed by atoms with van der Waals surface area (Å²) in [6.45, 7) is 5.99. The van der Waals surface area contributed by atoms with Gasteiger partial charge >= 0.3 is 5.97 Å². The molecule has 0 aromatic rings. The van der Waals surface area contributed by atoms with Crippen LogP contribution in [0.5, 0.6) is 0 Å². The van der Waals surface area contributed by atoms with Gasteiger partial charge in [-0.15, -0.1) is 0 Å². The highest BCUT2D eigenvalue weighted by Gasteiger charge is 2.82. The zero-order chi connectivity index (χ0) is 18.7. The fourth-order valence-corrected chi connectivity index (χ4v) is 7.44. The molecule has 2 N–H and O–H groups in total. The van der Waals surface area contributed by atoms with Crippen LogP contribution in [0.1, 0.15) is 46.5 Å². The third kappa shape index (κ3) is 1.50. The van der Waals surface area contributed by atoms with Gasteiger partial charge in [-0.25, -0.2) is 4.79 Å². The summed E-state index contributed by atoms with van der Waals surface area (Å²) in [5.74, 6) is -1.02. The van der Waals surface area contributed by atoms with Crippen molar-refractivity contribution in [1.82, 2.24) is 0 Å². The number of fused-ring (bicyclic) bond motifs is 3. The quantitative estimate of drug-likeness (QED) is 0.703. The van der Waals surface area contributed by atoms with Crippen molar-refractivity contribution in [3.8, 4) is 0 Å². The summed E-state index contributed by atoms with van der Waals surface area (Å²) in [6, 6.07) is 0. The van der Waals surface area contributed by atoms with Crippen LogP contribution in [0.3, 0.4) is 0 Å². The van der Waals surface area contributed by atoms with E-state index < -0.39 is 17.0 Å². The Bertz CT molecular complexity index is 798. The van der Waals surface area contributed by atoms with Crippen molar-refractivity contribution < 1.29 is 24.5 Å². The number of ether oxygens (including phenoxy) is 1. The minimum Gasteiger partial charge on any atom is -0.479 e. The van der Waals surface area contributed by atoms with Crippen LogP contribution in [0.4, 0.5) is 0 Å². The van der Waals surface area contributed by atoms with Crippen molar-refractivity contribution in [3.05, 3.63) is 23.8 Å². The van der Waals surface area contributed by atoms with E-state index in [-0.39, 0.29) is 40.7 Å². The number of rotatable bonds is 1. The Balaban J connectivity index is 1.62. The van der Waals surface area contributed by atoms with Crippen LogP contribution in [0.25, 0.3) is 0 Å². The molecule has 5 rings (SSSR count). The molecule has 1 heterocycles. The Labute approximate surface area is 153 Å². The van der Waals surface area contributed by atoms with Gasteiger partial charge in [-0.3, -0.25) is 4.79 Å². The molecule has 0 aromatic carbocycles. The maximum absolute atomic E-state index is 12.1. The van der Waals surface area contributed by atoms with E-state index >= 15 is 0 Å². The first-order valence-electron chi connectivity index (χ1n) is 9.69. The predicted molar refractivity (Wildman–Crippen MR) is 93.2 cm³/mol. The molecular formula is C21H26O5. The molecule has 8 atom stereocenters. The fourth-order valence-electron chi connectivity index (χ4n) is 7.44. The van der Waals surface area contributed by atoms with Gasteiger partial charge in [0.1, 0.15) is 5.60 Å². The van der Waals surface area contributed by atoms with Gasteiger partial charge < -0.3 is 14.9 Å². The molecule has 5 heteroatoms. The summed E-state index contributed by atoms with van der Waals surface area (Å²) >= 11 is 0. The third-order valence-electron chi connectivity index (χ3n) is 8.84. The molecule has 3 saturated carbocycles. The molecule has 140 valence electrons. The Kier molecular flexibility index (Phi) is 2.89. The van der Waals surface area contributed by atoms with Crippen LogP contribution < -0.4 is 0 Å². The van der Waals surface area contributed by atoms with E-state index in [2.05, 4.69) is 6.92 Å². The van der Waals surface area contributed by atoms with Crippen molar-refractivity contribution in [3.63, 3.8) is 0 Å². The third-order valence-corrected chi connectivity index (χ3v) is 8.84. The van der Waals surface area contributed by atoms with Crippen molar-refractivity contribution in [2.45, 2.75) is 63.8 Å². The number of ketones is 1. The number of hydrogen-bond acceptors (Lipinski definition) is 4. The largest absolute Gasteiger partial charge is 0.479 e. The van der Waals surface area contributed by atoms with Gasteiger partial charge in [0.05, 0.1) is 6.10 Å². The smallest absolute Gasteiger partial charge is 0.336 e. The Morgan fingerprint density at radius 1 is 1.31 bits per heavy atom.